The number of Topliss-reactive ketones (excluding diaryl/α,β-unsaturated/α-hetero) is 1. The van der Waals surface area contributed by atoms with Crippen LogP contribution in [0.5, 0.6) is 0 Å². The van der Waals surface area contributed by atoms with E-state index < -0.39 is 36.1 Å². The van der Waals surface area contributed by atoms with Crippen LogP contribution < -0.4 is 4.72 Å². The molecule has 1 aromatic carbocycles. The van der Waals surface area contributed by atoms with Crippen molar-refractivity contribution in [2.24, 2.45) is 5.92 Å². The molecule has 1 heterocycles. The van der Waals surface area contributed by atoms with Crippen molar-refractivity contribution in [2.45, 2.75) is 115 Å². The Balaban J connectivity index is 1.87. The fourth-order valence-electron chi connectivity index (χ4n) is 4.83. The summed E-state index contributed by atoms with van der Waals surface area (Å²) in [5.74, 6) is -1.62. The Morgan fingerprint density at radius 2 is 1.77 bits per heavy atom. The van der Waals surface area contributed by atoms with Gasteiger partial charge < -0.3 is 13.9 Å². The Morgan fingerprint density at radius 1 is 1.17 bits per heavy atom. The molecule has 0 aromatic heterocycles. The molecule has 1 saturated carbocycles. The zero-order chi connectivity index (χ0) is 26.4. The van der Waals surface area contributed by atoms with E-state index in [0.29, 0.717) is 18.4 Å². The summed E-state index contributed by atoms with van der Waals surface area (Å²) in [4.78, 5) is 12.9. The maximum Gasteiger partial charge on any atom is 0.216 e. The zero-order valence-electron chi connectivity index (χ0n) is 22.7. The molecule has 1 N–H and O–H groups in total. The topological polar surface area (TPSA) is 90.9 Å². The molecule has 1 unspecified atom stereocenters. The van der Waals surface area contributed by atoms with Gasteiger partial charge in [0.15, 0.2) is 14.1 Å². The molecule has 1 aliphatic carbocycles. The van der Waals surface area contributed by atoms with Gasteiger partial charge in [0.2, 0.25) is 10.0 Å². The second kappa shape index (κ2) is 9.98. The quantitative estimate of drug-likeness (QED) is 0.495. The van der Waals surface area contributed by atoms with E-state index in [-0.39, 0.29) is 34.9 Å². The van der Waals surface area contributed by atoms with Gasteiger partial charge in [-0.3, -0.25) is 4.79 Å². The van der Waals surface area contributed by atoms with Crippen LogP contribution in [0.1, 0.15) is 65.5 Å². The van der Waals surface area contributed by atoms with Gasteiger partial charge in [0, 0.05) is 18.4 Å². The van der Waals surface area contributed by atoms with Gasteiger partial charge >= 0.3 is 0 Å². The molecule has 0 bridgehead atoms. The summed E-state index contributed by atoms with van der Waals surface area (Å²) in [5, 5.41) is 0.0290. The van der Waals surface area contributed by atoms with Gasteiger partial charge in [0.05, 0.1) is 24.0 Å². The maximum atomic E-state index is 13.1. The van der Waals surface area contributed by atoms with Crippen molar-refractivity contribution >= 4 is 24.1 Å². The van der Waals surface area contributed by atoms with E-state index in [4.69, 9.17) is 13.9 Å². The highest BCUT2D eigenvalue weighted by Gasteiger charge is 2.54. The lowest BCUT2D eigenvalue weighted by molar-refractivity contribution is -0.150. The Morgan fingerprint density at radius 3 is 2.31 bits per heavy atom. The highest BCUT2D eigenvalue weighted by molar-refractivity contribution is 7.88. The number of hydrogen-bond donors (Lipinski definition) is 1. The normalized spacial score (nSPS) is 27.9. The van der Waals surface area contributed by atoms with Gasteiger partial charge in [0.1, 0.15) is 5.78 Å². The van der Waals surface area contributed by atoms with Gasteiger partial charge in [-0.15, -0.1) is 0 Å². The molecule has 2 aliphatic rings. The average molecular weight is 526 g/mol. The number of nitrogens with one attached hydrogen (secondary N) is 1. The third-order valence-electron chi connectivity index (χ3n) is 7.59. The molecule has 198 valence electrons. The number of aryl methyl sites for hydroxylation is 1. The van der Waals surface area contributed by atoms with Crippen LogP contribution in [-0.2, 0) is 34.5 Å². The summed E-state index contributed by atoms with van der Waals surface area (Å²) >= 11 is 0. The molecule has 2 fully saturated rings. The van der Waals surface area contributed by atoms with Crippen molar-refractivity contribution in [3.8, 4) is 0 Å². The highest BCUT2D eigenvalue weighted by Crippen LogP contribution is 2.45. The van der Waals surface area contributed by atoms with E-state index in [9.17, 15) is 13.2 Å². The van der Waals surface area contributed by atoms with Gasteiger partial charge in [0.25, 0.3) is 0 Å². The molecular weight excluding hydrogens is 482 g/mol. The fourth-order valence-corrected chi connectivity index (χ4v) is 7.65. The second-order valence-corrected chi connectivity index (χ2v) is 18.7. The zero-order valence-corrected chi connectivity index (χ0v) is 24.5. The van der Waals surface area contributed by atoms with Gasteiger partial charge in [-0.05, 0) is 57.8 Å². The lowest BCUT2D eigenvalue weighted by Gasteiger charge is -2.45. The number of fused-ring (bicyclic) bond motifs is 1. The molecule has 0 amide bonds. The van der Waals surface area contributed by atoms with E-state index in [1.54, 1.807) is 12.1 Å². The molecule has 35 heavy (non-hydrogen) atoms. The van der Waals surface area contributed by atoms with Crippen LogP contribution in [0.3, 0.4) is 0 Å². The van der Waals surface area contributed by atoms with E-state index >= 15 is 0 Å². The Hall–Kier alpha value is -1.10. The van der Waals surface area contributed by atoms with Crippen molar-refractivity contribution in [3.63, 3.8) is 0 Å². The third-order valence-corrected chi connectivity index (χ3v) is 13.5. The third kappa shape index (κ3) is 7.02. The molecule has 1 aromatic rings. The average Bonchev–Trinajstić information content (AvgIpc) is 2.99. The molecule has 0 spiro atoms. The number of carbonyl (C=O) groups is 1. The number of hydrogen-bond acceptors (Lipinski definition) is 6. The van der Waals surface area contributed by atoms with Crippen LogP contribution in [0.15, 0.2) is 24.3 Å². The lowest BCUT2D eigenvalue weighted by Crippen LogP contribution is -2.56. The van der Waals surface area contributed by atoms with Crippen molar-refractivity contribution in [3.05, 3.63) is 35.4 Å². The minimum atomic E-state index is -3.77. The summed E-state index contributed by atoms with van der Waals surface area (Å²) in [5.41, 5.74) is 1.73. The molecule has 9 heteroatoms. The number of sulfonamides is 1. The molecule has 0 radical (unpaired) electrons. The second-order valence-electron chi connectivity index (χ2n) is 12.2. The Kier molecular flexibility index (Phi) is 8.12. The summed E-state index contributed by atoms with van der Waals surface area (Å²) in [6.45, 7) is 18.1. The predicted molar refractivity (Wildman–Crippen MR) is 140 cm³/mol. The summed E-state index contributed by atoms with van der Waals surface area (Å²) in [7, 11) is -5.86. The van der Waals surface area contributed by atoms with Crippen LogP contribution in [0, 0.1) is 12.8 Å². The SMILES string of the molecule is CC(=O)[C@H](NS(=O)(=O)Cc1ccc(C)cc1)C1C[C@@H](O[Si](C)(C)C(C)(C)C)C[C@H]2OC(C)(C)O[C@H]12. The molecule has 1 aliphatic heterocycles. The van der Waals surface area contributed by atoms with Crippen LogP contribution in [0.2, 0.25) is 18.1 Å². The largest absolute Gasteiger partial charge is 0.414 e. The van der Waals surface area contributed by atoms with E-state index in [1.165, 1.54) is 6.92 Å². The van der Waals surface area contributed by atoms with Crippen LogP contribution in [-0.4, -0.2) is 52.7 Å². The maximum absolute atomic E-state index is 13.1. The Labute approximate surface area is 212 Å². The monoisotopic (exact) mass is 525 g/mol. The van der Waals surface area contributed by atoms with Crippen molar-refractivity contribution in [1.29, 1.82) is 0 Å². The van der Waals surface area contributed by atoms with Crippen molar-refractivity contribution in [1.82, 2.24) is 4.72 Å². The molecule has 1 saturated heterocycles. The first-order valence-corrected chi connectivity index (χ1v) is 17.0. The van der Waals surface area contributed by atoms with Gasteiger partial charge in [-0.25, -0.2) is 13.1 Å². The summed E-state index contributed by atoms with van der Waals surface area (Å²) in [6, 6.07) is 6.45. The first-order valence-electron chi connectivity index (χ1n) is 12.5. The molecule has 7 nitrogen and oxygen atoms in total. The molecule has 5 atom stereocenters. The van der Waals surface area contributed by atoms with Gasteiger partial charge in [-0.2, -0.15) is 0 Å². The van der Waals surface area contributed by atoms with Crippen molar-refractivity contribution in [2.75, 3.05) is 0 Å². The van der Waals surface area contributed by atoms with E-state index in [2.05, 4.69) is 38.6 Å². The first kappa shape index (κ1) is 28.5. The fraction of sp³-hybridized carbons (Fsp3) is 0.731. The molecule has 3 rings (SSSR count). The lowest BCUT2D eigenvalue weighted by atomic mass is 9.77. The number of carbonyl (C=O) groups excluding carboxylic acids is 1. The minimum absolute atomic E-state index is 0.0290. The predicted octanol–water partition coefficient (Wildman–Crippen LogP) is 4.69. The number of ketones is 1. The standard InChI is InChI=1S/C26H43NO6SSi/c1-17-10-12-19(13-11-17)16-34(29,30)27-23(18(2)28)21-14-20(33-35(8,9)25(3,4)5)15-22-24(21)32-26(6,7)31-22/h10-13,20-24,27H,14-16H2,1-9H3/t20-,21?,22-,23+,24-/m1/s1. The van der Waals surface area contributed by atoms with Crippen LogP contribution >= 0.6 is 0 Å². The Bertz CT molecular complexity index is 1020. The summed E-state index contributed by atoms with van der Waals surface area (Å²) < 4.78 is 48.2. The molecular formula is C26H43NO6SSi. The first-order chi connectivity index (χ1) is 15.9. The van der Waals surface area contributed by atoms with Crippen molar-refractivity contribution < 1.29 is 27.1 Å². The number of benzene rings is 1. The summed E-state index contributed by atoms with van der Waals surface area (Å²) in [6.07, 6.45) is 0.410. The number of rotatable bonds is 8. The van der Waals surface area contributed by atoms with E-state index in [1.807, 2.05) is 32.9 Å². The minimum Gasteiger partial charge on any atom is -0.414 e. The number of ether oxygens (including phenoxy) is 2. The van der Waals surface area contributed by atoms with Gasteiger partial charge in [-0.1, -0.05) is 50.6 Å². The van der Waals surface area contributed by atoms with Crippen LogP contribution in [0.4, 0.5) is 0 Å². The highest BCUT2D eigenvalue weighted by atomic mass is 32.2. The van der Waals surface area contributed by atoms with E-state index in [0.717, 1.165) is 5.56 Å². The smallest absolute Gasteiger partial charge is 0.216 e. The van der Waals surface area contributed by atoms with Crippen LogP contribution in [0.25, 0.3) is 0 Å².